The third-order valence-corrected chi connectivity index (χ3v) is 8.51. The van der Waals surface area contributed by atoms with E-state index in [4.69, 9.17) is 11.6 Å². The number of benzene rings is 2. The second kappa shape index (κ2) is 9.04. The molecule has 0 unspecified atom stereocenters. The molecule has 0 aliphatic carbocycles. The maximum atomic E-state index is 13.1. The number of aromatic nitrogens is 2. The molecule has 0 radical (unpaired) electrons. The number of carbonyl (C=O) groups is 1. The molecule has 1 aliphatic rings. The van der Waals surface area contributed by atoms with E-state index < -0.39 is 10.0 Å². The molecule has 162 valence electrons. The van der Waals surface area contributed by atoms with E-state index in [0.717, 1.165) is 18.4 Å². The molecule has 0 bridgehead atoms. The smallest absolute Gasteiger partial charge is 0.286 e. The number of nitrogens with zero attached hydrogens (tertiary/aromatic N) is 3. The van der Waals surface area contributed by atoms with Crippen LogP contribution in [0.5, 0.6) is 0 Å². The third-order valence-electron chi connectivity index (χ3n) is 5.16. The van der Waals surface area contributed by atoms with E-state index in [1.807, 2.05) is 6.07 Å². The molecule has 0 spiro atoms. The van der Waals surface area contributed by atoms with Gasteiger partial charge in [-0.1, -0.05) is 47.2 Å². The standard InChI is InChI=1S/C21H21ClN4O3S2/c1-14-6-2-3-10-18(14)31(28,29)26-11-5-7-15(13-26)20-24-25-21(30-20)19(27)23-17-9-4-8-16(22)12-17/h2-4,6,8-10,12,15H,5,7,11,13H2,1H3,(H,23,27)/t15-/m0/s1. The summed E-state index contributed by atoms with van der Waals surface area (Å²) in [4.78, 5) is 12.8. The summed E-state index contributed by atoms with van der Waals surface area (Å²) in [6, 6.07) is 13.8. The zero-order valence-corrected chi connectivity index (χ0v) is 19.2. The normalized spacial score (nSPS) is 17.4. The lowest BCUT2D eigenvalue weighted by Crippen LogP contribution is -2.39. The van der Waals surface area contributed by atoms with Crippen LogP contribution in [0.25, 0.3) is 0 Å². The molecule has 3 aromatic rings. The fraction of sp³-hybridized carbons (Fsp3) is 0.286. The van der Waals surface area contributed by atoms with Crippen molar-refractivity contribution in [2.75, 3.05) is 18.4 Å². The van der Waals surface area contributed by atoms with Crippen molar-refractivity contribution in [3.8, 4) is 0 Å². The first-order valence-corrected chi connectivity index (χ1v) is 12.4. The van der Waals surface area contributed by atoms with Gasteiger partial charge in [0, 0.05) is 29.7 Å². The SMILES string of the molecule is Cc1ccccc1S(=O)(=O)N1CCC[C@H](c2nnc(C(=O)Nc3cccc(Cl)c3)s2)C1. The Bertz CT molecular complexity index is 1210. The third kappa shape index (κ3) is 4.79. The molecule has 1 N–H and O–H groups in total. The molecular formula is C21H21ClN4O3S2. The molecule has 10 heteroatoms. The number of piperidine rings is 1. The number of aryl methyl sites for hydroxylation is 1. The fourth-order valence-electron chi connectivity index (χ4n) is 3.59. The van der Waals surface area contributed by atoms with Crippen LogP contribution >= 0.6 is 22.9 Å². The van der Waals surface area contributed by atoms with Crippen molar-refractivity contribution in [3.05, 3.63) is 69.1 Å². The molecule has 1 saturated heterocycles. The zero-order valence-electron chi connectivity index (χ0n) is 16.8. The molecule has 7 nitrogen and oxygen atoms in total. The number of nitrogens with one attached hydrogen (secondary N) is 1. The summed E-state index contributed by atoms with van der Waals surface area (Å²) in [5.74, 6) is -0.469. The lowest BCUT2D eigenvalue weighted by atomic mass is 10.0. The number of carbonyl (C=O) groups excluding carboxylic acids is 1. The molecule has 31 heavy (non-hydrogen) atoms. The first kappa shape index (κ1) is 21.9. The van der Waals surface area contributed by atoms with Crippen molar-refractivity contribution in [2.24, 2.45) is 0 Å². The molecule has 1 fully saturated rings. The average Bonchev–Trinajstić information content (AvgIpc) is 3.25. The van der Waals surface area contributed by atoms with Crippen molar-refractivity contribution in [3.63, 3.8) is 0 Å². The van der Waals surface area contributed by atoms with Gasteiger partial charge in [0.2, 0.25) is 15.0 Å². The first-order chi connectivity index (χ1) is 14.8. The van der Waals surface area contributed by atoms with Crippen LogP contribution in [0.15, 0.2) is 53.4 Å². The van der Waals surface area contributed by atoms with Crippen LogP contribution in [0, 0.1) is 6.92 Å². The van der Waals surface area contributed by atoms with E-state index in [1.54, 1.807) is 49.4 Å². The molecule has 2 aromatic carbocycles. The van der Waals surface area contributed by atoms with Crippen LogP contribution in [0.3, 0.4) is 0 Å². The van der Waals surface area contributed by atoms with Crippen LogP contribution in [-0.2, 0) is 10.0 Å². The molecule has 1 aliphatic heterocycles. The summed E-state index contributed by atoms with van der Waals surface area (Å²) in [5.41, 5.74) is 1.29. The van der Waals surface area contributed by atoms with Crippen LogP contribution in [-0.4, -0.2) is 41.9 Å². The molecule has 0 saturated carbocycles. The highest BCUT2D eigenvalue weighted by Gasteiger charge is 2.33. The second-order valence-corrected chi connectivity index (χ2v) is 10.7. The van der Waals surface area contributed by atoms with E-state index in [1.165, 1.54) is 15.6 Å². The minimum atomic E-state index is -3.59. The number of hydrogen-bond acceptors (Lipinski definition) is 6. The van der Waals surface area contributed by atoms with Gasteiger partial charge in [-0.25, -0.2) is 8.42 Å². The Morgan fingerprint density at radius 2 is 2.00 bits per heavy atom. The quantitative estimate of drug-likeness (QED) is 0.592. The van der Waals surface area contributed by atoms with Crippen molar-refractivity contribution in [2.45, 2.75) is 30.6 Å². The van der Waals surface area contributed by atoms with Gasteiger partial charge in [-0.15, -0.1) is 10.2 Å². The predicted molar refractivity (Wildman–Crippen MR) is 121 cm³/mol. The highest BCUT2D eigenvalue weighted by atomic mass is 35.5. The predicted octanol–water partition coefficient (Wildman–Crippen LogP) is 4.32. The summed E-state index contributed by atoms with van der Waals surface area (Å²) in [7, 11) is -3.59. The molecule has 1 atom stereocenters. The molecule has 2 heterocycles. The maximum Gasteiger partial charge on any atom is 0.286 e. The number of hydrogen-bond donors (Lipinski definition) is 1. The highest BCUT2D eigenvalue weighted by molar-refractivity contribution is 7.89. The van der Waals surface area contributed by atoms with Gasteiger partial charge in [-0.05, 0) is 49.6 Å². The Hall–Kier alpha value is -2.33. The summed E-state index contributed by atoms with van der Waals surface area (Å²) in [5, 5.41) is 12.4. The molecule has 4 rings (SSSR count). The molecule has 1 amide bonds. The molecular weight excluding hydrogens is 456 g/mol. The summed E-state index contributed by atoms with van der Waals surface area (Å²) >= 11 is 7.15. The highest BCUT2D eigenvalue weighted by Crippen LogP contribution is 2.32. The van der Waals surface area contributed by atoms with Crippen LogP contribution in [0.1, 0.15) is 39.1 Å². The van der Waals surface area contributed by atoms with Crippen molar-refractivity contribution < 1.29 is 13.2 Å². The van der Waals surface area contributed by atoms with Gasteiger partial charge in [0.05, 0.1) is 4.90 Å². The van der Waals surface area contributed by atoms with Crippen molar-refractivity contribution in [1.82, 2.24) is 14.5 Å². The van der Waals surface area contributed by atoms with Crippen molar-refractivity contribution >= 4 is 44.6 Å². The number of halogens is 1. The first-order valence-electron chi connectivity index (χ1n) is 9.80. The molecule has 1 aromatic heterocycles. The van der Waals surface area contributed by atoms with E-state index in [0.29, 0.717) is 33.7 Å². The van der Waals surface area contributed by atoms with Crippen LogP contribution in [0.2, 0.25) is 5.02 Å². The minimum absolute atomic E-state index is 0.0993. The summed E-state index contributed by atoms with van der Waals surface area (Å²) in [6.07, 6.45) is 1.52. The van der Waals surface area contributed by atoms with Crippen LogP contribution in [0.4, 0.5) is 5.69 Å². The van der Waals surface area contributed by atoms with Gasteiger partial charge >= 0.3 is 0 Å². The monoisotopic (exact) mass is 476 g/mol. The van der Waals surface area contributed by atoms with E-state index >= 15 is 0 Å². The minimum Gasteiger partial charge on any atom is -0.320 e. The van der Waals surface area contributed by atoms with Crippen LogP contribution < -0.4 is 5.32 Å². The zero-order chi connectivity index (χ0) is 22.0. The van der Waals surface area contributed by atoms with Gasteiger partial charge in [0.25, 0.3) is 5.91 Å². The lowest BCUT2D eigenvalue weighted by Gasteiger charge is -2.31. The maximum absolute atomic E-state index is 13.1. The Morgan fingerprint density at radius 1 is 1.19 bits per heavy atom. The fourth-order valence-corrected chi connectivity index (χ4v) is 6.39. The van der Waals surface area contributed by atoms with Crippen molar-refractivity contribution in [1.29, 1.82) is 0 Å². The average molecular weight is 477 g/mol. The Kier molecular flexibility index (Phi) is 6.38. The number of anilines is 1. The lowest BCUT2D eigenvalue weighted by molar-refractivity contribution is 0.102. The van der Waals surface area contributed by atoms with E-state index in [9.17, 15) is 13.2 Å². The van der Waals surface area contributed by atoms with Gasteiger partial charge in [-0.2, -0.15) is 4.31 Å². The Balaban J connectivity index is 1.49. The number of rotatable bonds is 5. The number of amides is 1. The summed E-state index contributed by atoms with van der Waals surface area (Å²) < 4.78 is 27.8. The Labute approximate surface area is 190 Å². The van der Waals surface area contributed by atoms with Gasteiger partial charge in [0.1, 0.15) is 5.01 Å². The second-order valence-electron chi connectivity index (χ2n) is 7.38. The van der Waals surface area contributed by atoms with E-state index in [2.05, 4.69) is 15.5 Å². The topological polar surface area (TPSA) is 92.3 Å². The van der Waals surface area contributed by atoms with Gasteiger partial charge in [-0.3, -0.25) is 4.79 Å². The largest absolute Gasteiger partial charge is 0.320 e. The van der Waals surface area contributed by atoms with E-state index in [-0.39, 0.29) is 16.8 Å². The Morgan fingerprint density at radius 3 is 2.77 bits per heavy atom. The summed E-state index contributed by atoms with van der Waals surface area (Å²) in [6.45, 7) is 2.58. The van der Waals surface area contributed by atoms with Gasteiger partial charge < -0.3 is 5.32 Å². The number of sulfonamides is 1. The van der Waals surface area contributed by atoms with Gasteiger partial charge in [0.15, 0.2) is 0 Å².